The lowest BCUT2D eigenvalue weighted by molar-refractivity contribution is -0.159. The van der Waals surface area contributed by atoms with Gasteiger partial charge in [0.1, 0.15) is 17.5 Å². The van der Waals surface area contributed by atoms with Crippen LogP contribution in [-0.2, 0) is 16.1 Å². The first-order valence-corrected chi connectivity index (χ1v) is 9.28. The van der Waals surface area contributed by atoms with Gasteiger partial charge in [-0.25, -0.2) is 19.2 Å². The second-order valence-electron chi connectivity index (χ2n) is 7.46. The summed E-state index contributed by atoms with van der Waals surface area (Å²) in [5.74, 6) is -1.61. The van der Waals surface area contributed by atoms with Crippen molar-refractivity contribution in [3.8, 4) is 11.3 Å². The number of hydrogen-bond donors (Lipinski definition) is 0. The third kappa shape index (κ3) is 3.95. The normalized spacial score (nSPS) is 14.8. The van der Waals surface area contributed by atoms with E-state index in [1.165, 1.54) is 23.2 Å². The molecule has 1 aliphatic heterocycles. The Balaban J connectivity index is 1.95. The maximum Gasteiger partial charge on any atom is 0.329 e. The summed E-state index contributed by atoms with van der Waals surface area (Å²) in [4.78, 5) is 34.2. The summed E-state index contributed by atoms with van der Waals surface area (Å²) in [6.07, 6.45) is 1.30. The molecule has 1 aliphatic rings. The average molecular weight is 426 g/mol. The largest absolute Gasteiger partial charge is 0.458 e. The van der Waals surface area contributed by atoms with E-state index in [0.29, 0.717) is 5.56 Å². The van der Waals surface area contributed by atoms with Crippen LogP contribution in [0.1, 0.15) is 43.6 Å². The van der Waals surface area contributed by atoms with E-state index >= 15 is 0 Å². The van der Waals surface area contributed by atoms with Crippen molar-refractivity contribution in [2.45, 2.75) is 45.9 Å². The predicted molar refractivity (Wildman–Crippen MR) is 103 cm³/mol. The molecule has 2 aromatic rings. The lowest BCUT2D eigenvalue weighted by Gasteiger charge is -2.27. The smallest absolute Gasteiger partial charge is 0.329 e. The minimum Gasteiger partial charge on any atom is -0.458 e. The van der Waals surface area contributed by atoms with Crippen molar-refractivity contribution < 1.29 is 18.7 Å². The van der Waals surface area contributed by atoms with Crippen LogP contribution in [0.5, 0.6) is 0 Å². The van der Waals surface area contributed by atoms with Gasteiger partial charge in [0.25, 0.3) is 5.91 Å². The van der Waals surface area contributed by atoms with Gasteiger partial charge in [-0.05, 0) is 51.4 Å². The molecule has 0 spiro atoms. The SMILES string of the molecule is C[C@H](C(=O)OC(C)(C)C)N1Cc2c(F)cc(-c3nc(Cl)ncc3Cl)cc2C1=O. The Morgan fingerprint density at radius 2 is 2.00 bits per heavy atom. The molecule has 1 atom stereocenters. The van der Waals surface area contributed by atoms with Gasteiger partial charge in [0.2, 0.25) is 5.28 Å². The summed E-state index contributed by atoms with van der Waals surface area (Å²) < 4.78 is 20.1. The Morgan fingerprint density at radius 3 is 2.64 bits per heavy atom. The molecule has 1 aromatic heterocycles. The summed E-state index contributed by atoms with van der Waals surface area (Å²) in [5.41, 5.74) is 0.180. The van der Waals surface area contributed by atoms with Crippen molar-refractivity contribution in [1.29, 1.82) is 0 Å². The fraction of sp³-hybridized carbons (Fsp3) is 0.368. The van der Waals surface area contributed by atoms with E-state index < -0.39 is 29.3 Å². The molecule has 0 N–H and O–H groups in total. The molecule has 0 bridgehead atoms. The Kier molecular flexibility index (Phi) is 5.34. The molecule has 0 aliphatic carbocycles. The molecule has 0 unspecified atom stereocenters. The van der Waals surface area contributed by atoms with E-state index in [-0.39, 0.29) is 33.7 Å². The van der Waals surface area contributed by atoms with Crippen LogP contribution in [0.2, 0.25) is 10.3 Å². The topological polar surface area (TPSA) is 72.4 Å². The Labute approximate surface area is 171 Å². The van der Waals surface area contributed by atoms with Gasteiger partial charge < -0.3 is 9.64 Å². The molecule has 6 nitrogen and oxygen atoms in total. The number of rotatable bonds is 3. The quantitative estimate of drug-likeness (QED) is 0.541. The third-order valence-electron chi connectivity index (χ3n) is 4.22. The molecule has 0 saturated carbocycles. The fourth-order valence-electron chi connectivity index (χ4n) is 2.90. The number of aromatic nitrogens is 2. The number of carbonyl (C=O) groups is 2. The first kappa shape index (κ1) is 20.5. The van der Waals surface area contributed by atoms with Gasteiger partial charge in [0.05, 0.1) is 23.5 Å². The number of fused-ring (bicyclic) bond motifs is 1. The third-order valence-corrected chi connectivity index (χ3v) is 4.68. The van der Waals surface area contributed by atoms with E-state index in [0.717, 1.165) is 0 Å². The number of nitrogens with zero attached hydrogens (tertiary/aromatic N) is 3. The Hall–Kier alpha value is -2.25. The predicted octanol–water partition coefficient (Wildman–Crippen LogP) is 4.28. The number of amides is 1. The number of benzene rings is 1. The van der Waals surface area contributed by atoms with Crippen molar-refractivity contribution in [2.75, 3.05) is 0 Å². The molecular formula is C19H18Cl2FN3O3. The molecule has 148 valence electrons. The second-order valence-corrected chi connectivity index (χ2v) is 8.21. The van der Waals surface area contributed by atoms with E-state index in [4.69, 9.17) is 27.9 Å². The van der Waals surface area contributed by atoms with Crippen LogP contribution in [0.25, 0.3) is 11.3 Å². The first-order chi connectivity index (χ1) is 13.0. The second kappa shape index (κ2) is 7.29. The summed E-state index contributed by atoms with van der Waals surface area (Å²) in [6, 6.07) is 1.87. The van der Waals surface area contributed by atoms with Gasteiger partial charge in [0, 0.05) is 16.7 Å². The van der Waals surface area contributed by atoms with Gasteiger partial charge in [-0.2, -0.15) is 0 Å². The number of esters is 1. The minimum absolute atomic E-state index is 0.0288. The molecule has 1 amide bonds. The van der Waals surface area contributed by atoms with E-state index in [9.17, 15) is 14.0 Å². The number of halogens is 3. The maximum atomic E-state index is 14.7. The van der Waals surface area contributed by atoms with E-state index in [2.05, 4.69) is 9.97 Å². The van der Waals surface area contributed by atoms with Crippen LogP contribution >= 0.6 is 23.2 Å². The molecular weight excluding hydrogens is 408 g/mol. The van der Waals surface area contributed by atoms with Gasteiger partial charge in [-0.1, -0.05) is 11.6 Å². The monoisotopic (exact) mass is 425 g/mol. The van der Waals surface area contributed by atoms with E-state index in [1.807, 2.05) is 0 Å². The zero-order valence-electron chi connectivity index (χ0n) is 15.7. The Morgan fingerprint density at radius 1 is 1.32 bits per heavy atom. The van der Waals surface area contributed by atoms with Crippen molar-refractivity contribution in [3.05, 3.63) is 45.6 Å². The van der Waals surface area contributed by atoms with Gasteiger partial charge in [0.15, 0.2) is 0 Å². The minimum atomic E-state index is -0.862. The first-order valence-electron chi connectivity index (χ1n) is 8.52. The number of carbonyl (C=O) groups excluding carboxylic acids is 2. The van der Waals surface area contributed by atoms with Gasteiger partial charge in [-0.3, -0.25) is 4.79 Å². The highest BCUT2D eigenvalue weighted by Crippen LogP contribution is 2.34. The van der Waals surface area contributed by atoms with Crippen molar-refractivity contribution in [3.63, 3.8) is 0 Å². The highest BCUT2D eigenvalue weighted by molar-refractivity contribution is 6.33. The molecule has 0 saturated heterocycles. The zero-order chi connectivity index (χ0) is 20.8. The lowest BCUT2D eigenvalue weighted by Crippen LogP contribution is -2.42. The summed E-state index contributed by atoms with van der Waals surface area (Å²) >= 11 is 11.9. The van der Waals surface area contributed by atoms with Crippen LogP contribution in [0.4, 0.5) is 4.39 Å². The highest BCUT2D eigenvalue weighted by Gasteiger charge is 2.37. The van der Waals surface area contributed by atoms with E-state index in [1.54, 1.807) is 27.7 Å². The standard InChI is InChI=1S/C19H18Cl2FN3O3/c1-9(17(27)28-19(2,3)4)25-8-12-11(16(25)26)5-10(6-14(12)22)15-13(20)7-23-18(21)24-15/h5-7,9H,8H2,1-4H3/t9-/m1/s1. The van der Waals surface area contributed by atoms with Crippen molar-refractivity contribution in [2.24, 2.45) is 0 Å². The van der Waals surface area contributed by atoms with Crippen LogP contribution in [0.3, 0.4) is 0 Å². The maximum absolute atomic E-state index is 14.7. The number of ether oxygens (including phenoxy) is 1. The Bertz CT molecular complexity index is 976. The molecule has 9 heteroatoms. The van der Waals surface area contributed by atoms with Crippen molar-refractivity contribution >= 4 is 35.1 Å². The molecule has 0 fully saturated rings. The van der Waals surface area contributed by atoms with Crippen LogP contribution in [-0.4, -0.2) is 38.4 Å². The molecule has 2 heterocycles. The molecule has 0 radical (unpaired) electrons. The van der Waals surface area contributed by atoms with Gasteiger partial charge in [-0.15, -0.1) is 0 Å². The molecule has 1 aromatic carbocycles. The van der Waals surface area contributed by atoms with Crippen molar-refractivity contribution in [1.82, 2.24) is 14.9 Å². The summed E-state index contributed by atoms with van der Waals surface area (Å²) in [7, 11) is 0. The van der Waals surface area contributed by atoms with Crippen LogP contribution in [0.15, 0.2) is 18.3 Å². The lowest BCUT2D eigenvalue weighted by atomic mass is 10.0. The number of hydrogen-bond acceptors (Lipinski definition) is 5. The fourth-order valence-corrected chi connectivity index (χ4v) is 3.23. The van der Waals surface area contributed by atoms with Gasteiger partial charge >= 0.3 is 5.97 Å². The average Bonchev–Trinajstić information content (AvgIpc) is 2.92. The summed E-state index contributed by atoms with van der Waals surface area (Å²) in [5, 5.41) is 0.125. The highest BCUT2D eigenvalue weighted by atomic mass is 35.5. The van der Waals surface area contributed by atoms with Crippen LogP contribution in [0, 0.1) is 5.82 Å². The van der Waals surface area contributed by atoms with Crippen LogP contribution < -0.4 is 0 Å². The molecule has 28 heavy (non-hydrogen) atoms. The zero-order valence-corrected chi connectivity index (χ0v) is 17.2. The molecule has 3 rings (SSSR count). The summed E-state index contributed by atoms with van der Waals surface area (Å²) in [6.45, 7) is 6.73.